The lowest BCUT2D eigenvalue weighted by Crippen LogP contribution is -2.46. The minimum absolute atomic E-state index is 0.235. The average Bonchev–Trinajstić information content (AvgIpc) is 2.89. The van der Waals surface area contributed by atoms with Crippen LogP contribution in [0.4, 0.5) is 9.18 Å². The number of halogens is 1. The molecule has 3 N–H and O–H groups in total. The molecule has 1 aliphatic heterocycles. The van der Waals surface area contributed by atoms with E-state index in [-0.39, 0.29) is 18.4 Å². The van der Waals surface area contributed by atoms with Crippen molar-refractivity contribution in [3.8, 4) is 0 Å². The van der Waals surface area contributed by atoms with E-state index < -0.39 is 5.60 Å². The fourth-order valence-electron chi connectivity index (χ4n) is 2.23. The van der Waals surface area contributed by atoms with Crippen molar-refractivity contribution in [1.29, 1.82) is 0 Å². The van der Waals surface area contributed by atoms with Crippen LogP contribution in [0.1, 0.15) is 18.4 Å². The minimum atomic E-state index is -0.760. The Kier molecular flexibility index (Phi) is 5.87. The summed E-state index contributed by atoms with van der Waals surface area (Å²) in [5, 5.41) is 15.5. The van der Waals surface area contributed by atoms with Crippen LogP contribution >= 0.6 is 11.8 Å². The van der Waals surface area contributed by atoms with E-state index in [1.807, 2.05) is 6.07 Å². The molecule has 1 fully saturated rings. The Morgan fingerprint density at radius 1 is 1.43 bits per heavy atom. The highest BCUT2D eigenvalue weighted by molar-refractivity contribution is 7.99. The lowest BCUT2D eigenvalue weighted by molar-refractivity contribution is 0.0700. The summed E-state index contributed by atoms with van der Waals surface area (Å²) in [6, 6.07) is 6.22. The van der Waals surface area contributed by atoms with E-state index in [4.69, 9.17) is 0 Å². The Labute approximate surface area is 128 Å². The fourth-order valence-corrected chi connectivity index (χ4v) is 3.53. The second kappa shape index (κ2) is 7.66. The van der Waals surface area contributed by atoms with Crippen molar-refractivity contribution in [2.75, 3.05) is 24.6 Å². The van der Waals surface area contributed by atoms with Crippen LogP contribution < -0.4 is 10.6 Å². The van der Waals surface area contributed by atoms with Gasteiger partial charge in [-0.15, -0.1) is 0 Å². The van der Waals surface area contributed by atoms with Gasteiger partial charge in [0, 0.05) is 18.8 Å². The summed E-state index contributed by atoms with van der Waals surface area (Å²) in [5.74, 6) is 1.38. The van der Waals surface area contributed by atoms with Crippen molar-refractivity contribution in [3.05, 3.63) is 35.6 Å². The van der Waals surface area contributed by atoms with Crippen LogP contribution in [0, 0.1) is 5.82 Å². The first kappa shape index (κ1) is 16.1. The van der Waals surface area contributed by atoms with Gasteiger partial charge in [0.05, 0.1) is 5.60 Å². The van der Waals surface area contributed by atoms with E-state index in [0.717, 1.165) is 30.6 Å². The maximum absolute atomic E-state index is 13.0. The van der Waals surface area contributed by atoms with Crippen molar-refractivity contribution >= 4 is 17.8 Å². The molecule has 1 saturated heterocycles. The summed E-state index contributed by atoms with van der Waals surface area (Å²) in [6.07, 6.45) is 2.19. The molecule has 0 aliphatic carbocycles. The highest BCUT2D eigenvalue weighted by Gasteiger charge is 2.31. The molecule has 1 heterocycles. The van der Waals surface area contributed by atoms with Crippen LogP contribution in [0.2, 0.25) is 0 Å². The molecule has 0 spiro atoms. The number of aliphatic hydroxyl groups is 1. The third-order valence-corrected chi connectivity index (χ3v) is 4.71. The van der Waals surface area contributed by atoms with Crippen molar-refractivity contribution < 1.29 is 14.3 Å². The molecular weight excluding hydrogens is 291 g/mol. The second-order valence-corrected chi connectivity index (χ2v) is 6.48. The second-order valence-electron chi connectivity index (χ2n) is 5.37. The predicted molar refractivity (Wildman–Crippen MR) is 83.0 cm³/mol. The molecule has 116 valence electrons. The zero-order valence-electron chi connectivity index (χ0n) is 11.9. The predicted octanol–water partition coefficient (Wildman–Crippen LogP) is 1.93. The third-order valence-electron chi connectivity index (χ3n) is 3.48. The van der Waals surface area contributed by atoms with Crippen LogP contribution in [0.3, 0.4) is 0 Å². The summed E-state index contributed by atoms with van der Waals surface area (Å²) in [7, 11) is 0. The van der Waals surface area contributed by atoms with Crippen LogP contribution in [-0.4, -0.2) is 41.3 Å². The maximum Gasteiger partial charge on any atom is 0.314 e. The summed E-state index contributed by atoms with van der Waals surface area (Å²) < 4.78 is 13.0. The first-order valence-corrected chi connectivity index (χ1v) is 8.29. The van der Waals surface area contributed by atoms with Gasteiger partial charge in [0.15, 0.2) is 0 Å². The van der Waals surface area contributed by atoms with Crippen LogP contribution in [0.5, 0.6) is 0 Å². The standard InChI is InChI=1S/C15H21FN2O2S/c16-13-5-1-3-12(9-13)4-2-7-17-14(19)18-10-15(20)6-8-21-11-15/h1,3,5,9,20H,2,4,6-8,10-11H2,(H2,17,18,19)/t15-/m0/s1. The van der Waals surface area contributed by atoms with Gasteiger partial charge in [0.25, 0.3) is 0 Å². The molecule has 2 amide bonds. The van der Waals surface area contributed by atoms with Crippen molar-refractivity contribution in [1.82, 2.24) is 10.6 Å². The van der Waals surface area contributed by atoms with Gasteiger partial charge in [0.2, 0.25) is 0 Å². The van der Waals surface area contributed by atoms with Crippen LogP contribution in [0.25, 0.3) is 0 Å². The molecular formula is C15H21FN2O2S. The van der Waals surface area contributed by atoms with Crippen LogP contribution in [-0.2, 0) is 6.42 Å². The molecule has 0 aromatic heterocycles. The zero-order chi connectivity index (χ0) is 15.1. The minimum Gasteiger partial charge on any atom is -0.387 e. The number of thioether (sulfide) groups is 1. The summed E-state index contributed by atoms with van der Waals surface area (Å²) in [5.41, 5.74) is 0.165. The molecule has 6 heteroatoms. The number of aryl methyl sites for hydroxylation is 1. The van der Waals surface area contributed by atoms with E-state index in [2.05, 4.69) is 10.6 Å². The number of hydrogen-bond donors (Lipinski definition) is 3. The number of nitrogens with one attached hydrogen (secondary N) is 2. The number of carbonyl (C=O) groups is 1. The first-order valence-electron chi connectivity index (χ1n) is 7.14. The van der Waals surface area contributed by atoms with E-state index in [9.17, 15) is 14.3 Å². The lowest BCUT2D eigenvalue weighted by Gasteiger charge is -2.21. The Morgan fingerprint density at radius 3 is 3.00 bits per heavy atom. The number of hydrogen-bond acceptors (Lipinski definition) is 3. The molecule has 0 bridgehead atoms. The molecule has 1 aromatic rings. The summed E-state index contributed by atoms with van der Waals surface area (Å²) >= 11 is 1.70. The van der Waals surface area contributed by atoms with Crippen LogP contribution in [0.15, 0.2) is 24.3 Å². The zero-order valence-corrected chi connectivity index (χ0v) is 12.7. The molecule has 4 nitrogen and oxygen atoms in total. The van der Waals surface area contributed by atoms with Gasteiger partial charge in [-0.25, -0.2) is 9.18 Å². The van der Waals surface area contributed by atoms with Gasteiger partial charge >= 0.3 is 6.03 Å². The number of amides is 2. The normalized spacial score (nSPS) is 21.2. The smallest absolute Gasteiger partial charge is 0.314 e. The molecule has 1 aliphatic rings. The molecule has 1 aromatic carbocycles. The molecule has 2 rings (SSSR count). The van der Waals surface area contributed by atoms with Crippen molar-refractivity contribution in [2.24, 2.45) is 0 Å². The largest absolute Gasteiger partial charge is 0.387 e. The molecule has 21 heavy (non-hydrogen) atoms. The van der Waals surface area contributed by atoms with Gasteiger partial charge in [-0.3, -0.25) is 0 Å². The van der Waals surface area contributed by atoms with Crippen molar-refractivity contribution in [2.45, 2.75) is 24.9 Å². The summed E-state index contributed by atoms with van der Waals surface area (Å²) in [4.78, 5) is 11.6. The van der Waals surface area contributed by atoms with E-state index in [0.29, 0.717) is 12.3 Å². The summed E-state index contributed by atoms with van der Waals surface area (Å²) in [6.45, 7) is 0.811. The maximum atomic E-state index is 13.0. The molecule has 1 atom stereocenters. The molecule has 0 saturated carbocycles. The molecule has 0 unspecified atom stereocenters. The number of urea groups is 1. The number of rotatable bonds is 6. The topological polar surface area (TPSA) is 61.4 Å². The van der Waals surface area contributed by atoms with Gasteiger partial charge in [-0.1, -0.05) is 12.1 Å². The van der Waals surface area contributed by atoms with E-state index in [1.165, 1.54) is 12.1 Å². The van der Waals surface area contributed by atoms with Gasteiger partial charge in [-0.05, 0) is 42.7 Å². The number of benzene rings is 1. The van der Waals surface area contributed by atoms with Gasteiger partial charge in [0.1, 0.15) is 5.82 Å². The quantitative estimate of drug-likeness (QED) is 0.703. The van der Waals surface area contributed by atoms with Gasteiger partial charge in [-0.2, -0.15) is 11.8 Å². The highest BCUT2D eigenvalue weighted by atomic mass is 32.2. The monoisotopic (exact) mass is 312 g/mol. The fraction of sp³-hybridized carbons (Fsp3) is 0.533. The van der Waals surface area contributed by atoms with E-state index in [1.54, 1.807) is 17.8 Å². The van der Waals surface area contributed by atoms with Gasteiger partial charge < -0.3 is 15.7 Å². The first-order chi connectivity index (χ1) is 10.1. The molecule has 0 radical (unpaired) electrons. The lowest BCUT2D eigenvalue weighted by atomic mass is 10.0. The Bertz CT molecular complexity index is 478. The SMILES string of the molecule is O=C(NCCCc1cccc(F)c1)NC[C@@]1(O)CCSC1. The van der Waals surface area contributed by atoms with Crippen molar-refractivity contribution in [3.63, 3.8) is 0 Å². The van der Waals surface area contributed by atoms with E-state index >= 15 is 0 Å². The third kappa shape index (κ3) is 5.55. The Morgan fingerprint density at radius 2 is 2.29 bits per heavy atom. The Hall–Kier alpha value is -1.27. The Balaban J connectivity index is 1.59. The average molecular weight is 312 g/mol. The highest BCUT2D eigenvalue weighted by Crippen LogP contribution is 2.26. The number of carbonyl (C=O) groups excluding carboxylic acids is 1.